The minimum Gasteiger partial charge on any atom is -0.306 e. The summed E-state index contributed by atoms with van der Waals surface area (Å²) < 4.78 is 0. The number of carbonyl (C=O) groups excluding carboxylic acids is 1. The van der Waals surface area contributed by atoms with E-state index < -0.39 is 0 Å². The standard InChI is InChI=1S/C14H18N2O/c1-16-9-2-3-12(8-10-16)13-4-6-14(7-5-13)15-11-17/h4-7,12H,2-3,8-10H2,1H3. The Hall–Kier alpha value is -1.44. The molecule has 90 valence electrons. The third-order valence-electron chi connectivity index (χ3n) is 3.49. The fraction of sp³-hybridized carbons (Fsp3) is 0.500. The lowest BCUT2D eigenvalue weighted by molar-refractivity contribution is 0.347. The van der Waals surface area contributed by atoms with Crippen LogP contribution in [0.15, 0.2) is 29.3 Å². The topological polar surface area (TPSA) is 32.7 Å². The van der Waals surface area contributed by atoms with Crippen LogP contribution in [0.1, 0.15) is 30.7 Å². The Balaban J connectivity index is 2.08. The monoisotopic (exact) mass is 230 g/mol. The zero-order valence-electron chi connectivity index (χ0n) is 10.2. The molecule has 1 aliphatic rings. The molecule has 17 heavy (non-hydrogen) atoms. The van der Waals surface area contributed by atoms with Crippen molar-refractivity contribution in [1.82, 2.24) is 4.90 Å². The van der Waals surface area contributed by atoms with Crippen molar-refractivity contribution < 1.29 is 4.79 Å². The maximum atomic E-state index is 10.1. The zero-order chi connectivity index (χ0) is 12.1. The normalized spacial score (nSPS) is 21.6. The number of benzene rings is 1. The molecule has 1 atom stereocenters. The maximum absolute atomic E-state index is 10.1. The van der Waals surface area contributed by atoms with Crippen LogP contribution >= 0.6 is 0 Å². The molecule has 0 saturated carbocycles. The molecule has 0 aliphatic carbocycles. The van der Waals surface area contributed by atoms with Gasteiger partial charge >= 0.3 is 0 Å². The summed E-state index contributed by atoms with van der Waals surface area (Å²) in [7, 11) is 2.18. The van der Waals surface area contributed by atoms with E-state index >= 15 is 0 Å². The van der Waals surface area contributed by atoms with Crippen molar-refractivity contribution in [2.24, 2.45) is 4.99 Å². The van der Waals surface area contributed by atoms with Gasteiger partial charge in [-0.3, -0.25) is 0 Å². The van der Waals surface area contributed by atoms with E-state index in [1.165, 1.54) is 37.9 Å². The summed E-state index contributed by atoms with van der Waals surface area (Å²) >= 11 is 0. The van der Waals surface area contributed by atoms with Crippen molar-refractivity contribution in [2.75, 3.05) is 20.1 Å². The second-order valence-electron chi connectivity index (χ2n) is 4.73. The van der Waals surface area contributed by atoms with Gasteiger partial charge < -0.3 is 4.90 Å². The molecule has 0 aromatic heterocycles. The lowest BCUT2D eigenvalue weighted by Gasteiger charge is -2.15. The van der Waals surface area contributed by atoms with E-state index in [1.807, 2.05) is 12.1 Å². The average molecular weight is 230 g/mol. The highest BCUT2D eigenvalue weighted by molar-refractivity contribution is 5.49. The van der Waals surface area contributed by atoms with E-state index in [2.05, 4.69) is 29.1 Å². The lowest BCUT2D eigenvalue weighted by Crippen LogP contribution is -2.18. The Morgan fingerprint density at radius 1 is 1.24 bits per heavy atom. The van der Waals surface area contributed by atoms with Crippen LogP contribution in [0.5, 0.6) is 0 Å². The van der Waals surface area contributed by atoms with Gasteiger partial charge in [-0.2, -0.15) is 4.99 Å². The zero-order valence-corrected chi connectivity index (χ0v) is 10.2. The SMILES string of the molecule is CN1CCCC(c2ccc(N=C=O)cc2)CC1. The van der Waals surface area contributed by atoms with Gasteiger partial charge in [-0.15, -0.1) is 0 Å². The van der Waals surface area contributed by atoms with Crippen molar-refractivity contribution >= 4 is 11.8 Å². The van der Waals surface area contributed by atoms with Gasteiger partial charge in [0.15, 0.2) is 0 Å². The van der Waals surface area contributed by atoms with E-state index in [0.717, 1.165) is 0 Å². The molecular formula is C14H18N2O. The Bertz CT molecular complexity index is 407. The first-order valence-corrected chi connectivity index (χ1v) is 6.16. The Morgan fingerprint density at radius 3 is 2.71 bits per heavy atom. The predicted octanol–water partition coefficient (Wildman–Crippen LogP) is 2.85. The predicted molar refractivity (Wildman–Crippen MR) is 68.3 cm³/mol. The smallest absolute Gasteiger partial charge is 0.240 e. The van der Waals surface area contributed by atoms with E-state index in [9.17, 15) is 4.79 Å². The van der Waals surface area contributed by atoms with Gasteiger partial charge in [0.1, 0.15) is 0 Å². The first kappa shape index (κ1) is 12.0. The van der Waals surface area contributed by atoms with Crippen LogP contribution in [-0.4, -0.2) is 31.1 Å². The number of hydrogen-bond donors (Lipinski definition) is 0. The molecule has 0 amide bonds. The van der Waals surface area contributed by atoms with Crippen molar-refractivity contribution in [3.63, 3.8) is 0 Å². The molecule has 1 fully saturated rings. The van der Waals surface area contributed by atoms with Gasteiger partial charge in [-0.25, -0.2) is 4.79 Å². The molecule has 1 unspecified atom stereocenters. The van der Waals surface area contributed by atoms with Gasteiger partial charge in [0.05, 0.1) is 5.69 Å². The van der Waals surface area contributed by atoms with Crippen LogP contribution in [0.4, 0.5) is 5.69 Å². The summed E-state index contributed by atoms with van der Waals surface area (Å²) in [5.41, 5.74) is 2.06. The minimum absolute atomic E-state index is 0.647. The average Bonchev–Trinajstić information content (AvgIpc) is 2.56. The number of nitrogens with zero attached hydrogens (tertiary/aromatic N) is 2. The summed E-state index contributed by atoms with van der Waals surface area (Å²) in [5.74, 6) is 0.647. The molecular weight excluding hydrogens is 212 g/mol. The molecule has 1 aromatic carbocycles. The first-order chi connectivity index (χ1) is 8.29. The third kappa shape index (κ3) is 3.26. The largest absolute Gasteiger partial charge is 0.306 e. The fourth-order valence-corrected chi connectivity index (χ4v) is 2.45. The molecule has 1 heterocycles. The molecule has 0 N–H and O–H groups in total. The second kappa shape index (κ2) is 5.76. The maximum Gasteiger partial charge on any atom is 0.240 e. The molecule has 3 heteroatoms. The number of rotatable bonds is 2. The molecule has 0 bridgehead atoms. The van der Waals surface area contributed by atoms with Crippen molar-refractivity contribution in [2.45, 2.75) is 25.2 Å². The lowest BCUT2D eigenvalue weighted by atomic mass is 9.92. The molecule has 1 aliphatic heterocycles. The highest BCUT2D eigenvalue weighted by Crippen LogP contribution is 2.28. The van der Waals surface area contributed by atoms with E-state index in [-0.39, 0.29) is 0 Å². The van der Waals surface area contributed by atoms with Gasteiger partial charge in [-0.05, 0) is 63.0 Å². The highest BCUT2D eigenvalue weighted by atomic mass is 16.1. The van der Waals surface area contributed by atoms with Crippen LogP contribution in [-0.2, 0) is 4.79 Å². The van der Waals surface area contributed by atoms with Crippen molar-refractivity contribution in [1.29, 1.82) is 0 Å². The second-order valence-corrected chi connectivity index (χ2v) is 4.73. The Morgan fingerprint density at radius 2 is 2.00 bits per heavy atom. The van der Waals surface area contributed by atoms with E-state index in [0.29, 0.717) is 11.6 Å². The minimum atomic E-state index is 0.647. The Kier molecular flexibility index (Phi) is 4.08. The van der Waals surface area contributed by atoms with Gasteiger partial charge in [0, 0.05) is 0 Å². The summed E-state index contributed by atoms with van der Waals surface area (Å²) in [6.45, 7) is 2.36. The van der Waals surface area contributed by atoms with Crippen LogP contribution in [0.2, 0.25) is 0 Å². The number of isocyanates is 1. The van der Waals surface area contributed by atoms with Gasteiger partial charge in [0.2, 0.25) is 6.08 Å². The molecule has 0 spiro atoms. The number of hydrogen-bond acceptors (Lipinski definition) is 3. The van der Waals surface area contributed by atoms with E-state index in [1.54, 1.807) is 6.08 Å². The van der Waals surface area contributed by atoms with Crippen molar-refractivity contribution in [3.05, 3.63) is 29.8 Å². The highest BCUT2D eigenvalue weighted by Gasteiger charge is 2.16. The quantitative estimate of drug-likeness (QED) is 0.578. The summed E-state index contributed by atoms with van der Waals surface area (Å²) in [6.07, 6.45) is 5.29. The van der Waals surface area contributed by atoms with Gasteiger partial charge in [0.25, 0.3) is 0 Å². The first-order valence-electron chi connectivity index (χ1n) is 6.16. The molecule has 3 nitrogen and oxygen atoms in total. The van der Waals surface area contributed by atoms with Crippen LogP contribution in [0, 0.1) is 0 Å². The Labute approximate surface area is 102 Å². The summed E-state index contributed by atoms with van der Waals surface area (Å²) in [5, 5.41) is 0. The van der Waals surface area contributed by atoms with Gasteiger partial charge in [-0.1, -0.05) is 12.1 Å². The molecule has 2 rings (SSSR count). The van der Waals surface area contributed by atoms with E-state index in [4.69, 9.17) is 0 Å². The fourth-order valence-electron chi connectivity index (χ4n) is 2.45. The summed E-state index contributed by atoms with van der Waals surface area (Å²) in [4.78, 5) is 16.1. The summed E-state index contributed by atoms with van der Waals surface area (Å²) in [6, 6.07) is 7.97. The molecule has 1 aromatic rings. The molecule has 1 saturated heterocycles. The number of likely N-dealkylation sites (tertiary alicyclic amines) is 1. The van der Waals surface area contributed by atoms with Crippen LogP contribution < -0.4 is 0 Å². The van der Waals surface area contributed by atoms with Crippen LogP contribution in [0.3, 0.4) is 0 Å². The third-order valence-corrected chi connectivity index (χ3v) is 3.49. The number of aliphatic imine (C=N–C) groups is 1. The van der Waals surface area contributed by atoms with Crippen molar-refractivity contribution in [3.8, 4) is 0 Å². The van der Waals surface area contributed by atoms with Crippen LogP contribution in [0.25, 0.3) is 0 Å². The molecule has 0 radical (unpaired) electrons.